The van der Waals surface area contributed by atoms with E-state index >= 15 is 0 Å². The van der Waals surface area contributed by atoms with E-state index in [-0.39, 0.29) is 0 Å². The monoisotopic (exact) mass is 237 g/mol. The number of piperazine rings is 1. The second kappa shape index (κ2) is 4.43. The van der Waals surface area contributed by atoms with E-state index in [1.807, 2.05) is 6.20 Å². The van der Waals surface area contributed by atoms with E-state index in [0.29, 0.717) is 5.54 Å². The predicted molar refractivity (Wildman–Crippen MR) is 66.6 cm³/mol. The van der Waals surface area contributed by atoms with Gasteiger partial charge in [0, 0.05) is 36.8 Å². The molecule has 0 radical (unpaired) electrons. The highest BCUT2D eigenvalue weighted by molar-refractivity contribution is 7.09. The Balaban J connectivity index is 1.75. The van der Waals surface area contributed by atoms with Crippen molar-refractivity contribution in [2.45, 2.75) is 37.8 Å². The van der Waals surface area contributed by atoms with Crippen LogP contribution in [0.25, 0.3) is 0 Å². The second-order valence-electron chi connectivity index (χ2n) is 4.96. The van der Waals surface area contributed by atoms with Gasteiger partial charge in [-0.15, -0.1) is 11.3 Å². The van der Waals surface area contributed by atoms with Crippen LogP contribution in [0.5, 0.6) is 0 Å². The third-order valence-electron chi connectivity index (χ3n) is 4.03. The first-order valence-electron chi connectivity index (χ1n) is 6.23. The molecule has 3 rings (SSSR count). The Morgan fingerprint density at radius 1 is 1.44 bits per heavy atom. The van der Waals surface area contributed by atoms with Gasteiger partial charge in [-0.2, -0.15) is 0 Å². The van der Waals surface area contributed by atoms with Crippen LogP contribution in [0.15, 0.2) is 11.6 Å². The summed E-state index contributed by atoms with van der Waals surface area (Å²) in [5, 5.41) is 6.92. The molecule has 0 unspecified atom stereocenters. The average Bonchev–Trinajstić information content (AvgIpc) is 2.94. The maximum absolute atomic E-state index is 4.42. The lowest BCUT2D eigenvalue weighted by molar-refractivity contribution is 0.0572. The summed E-state index contributed by atoms with van der Waals surface area (Å²) in [5.41, 5.74) is 0.448. The molecule has 4 heteroatoms. The Bertz CT molecular complexity index is 330. The minimum Gasteiger partial charge on any atom is -0.314 e. The smallest absolute Gasteiger partial charge is 0.107 e. The van der Waals surface area contributed by atoms with Gasteiger partial charge in [-0.3, -0.25) is 4.90 Å². The summed E-state index contributed by atoms with van der Waals surface area (Å²) in [5.74, 6) is 0. The fourth-order valence-corrected chi connectivity index (χ4v) is 3.78. The van der Waals surface area contributed by atoms with Crippen LogP contribution in [0, 0.1) is 0 Å². The molecule has 1 spiro atoms. The van der Waals surface area contributed by atoms with Gasteiger partial charge >= 0.3 is 0 Å². The summed E-state index contributed by atoms with van der Waals surface area (Å²) in [7, 11) is 0. The summed E-state index contributed by atoms with van der Waals surface area (Å²) in [4.78, 5) is 7.10. The molecule has 88 valence electrons. The van der Waals surface area contributed by atoms with Crippen molar-refractivity contribution in [3.63, 3.8) is 0 Å². The molecule has 1 aromatic rings. The summed E-state index contributed by atoms with van der Waals surface area (Å²) in [6, 6.07) is 0. The number of thiazole rings is 1. The van der Waals surface area contributed by atoms with Crippen LogP contribution < -0.4 is 5.32 Å². The van der Waals surface area contributed by atoms with Crippen molar-refractivity contribution in [3.05, 3.63) is 16.6 Å². The molecular weight excluding hydrogens is 218 g/mol. The molecule has 0 aromatic carbocycles. The number of hydrogen-bond donors (Lipinski definition) is 1. The molecule has 2 heterocycles. The van der Waals surface area contributed by atoms with Crippen molar-refractivity contribution < 1.29 is 0 Å². The Kier molecular flexibility index (Phi) is 2.96. The molecule has 0 amide bonds. The Hall–Kier alpha value is -0.450. The maximum Gasteiger partial charge on any atom is 0.107 e. The molecule has 0 bridgehead atoms. The van der Waals surface area contributed by atoms with Crippen LogP contribution in [0.2, 0.25) is 0 Å². The number of aromatic nitrogens is 1. The third kappa shape index (κ3) is 1.90. The van der Waals surface area contributed by atoms with Crippen LogP contribution in [-0.2, 0) is 6.54 Å². The average molecular weight is 237 g/mol. The van der Waals surface area contributed by atoms with Crippen molar-refractivity contribution in [1.29, 1.82) is 0 Å². The quantitative estimate of drug-likeness (QED) is 0.851. The van der Waals surface area contributed by atoms with Crippen LogP contribution >= 0.6 is 11.3 Å². The lowest BCUT2D eigenvalue weighted by Crippen LogP contribution is -2.59. The van der Waals surface area contributed by atoms with Crippen LogP contribution in [-0.4, -0.2) is 35.1 Å². The molecule has 1 saturated heterocycles. The molecule has 1 aliphatic carbocycles. The maximum atomic E-state index is 4.42. The summed E-state index contributed by atoms with van der Waals surface area (Å²) in [6.07, 6.45) is 7.45. The highest BCUT2D eigenvalue weighted by Gasteiger charge is 2.41. The standard InChI is InChI=1S/C12H19N3S/c1-2-4-12(3-1)10-13-5-7-15(12)9-11-14-6-8-16-11/h6,8,13H,1-5,7,9-10H2. The number of rotatable bonds is 2. The van der Waals surface area contributed by atoms with Gasteiger partial charge in [0.25, 0.3) is 0 Å². The zero-order valence-corrected chi connectivity index (χ0v) is 10.4. The lowest BCUT2D eigenvalue weighted by atomic mass is 9.93. The van der Waals surface area contributed by atoms with Crippen molar-refractivity contribution in [2.24, 2.45) is 0 Å². The van der Waals surface area contributed by atoms with E-state index in [4.69, 9.17) is 0 Å². The fraction of sp³-hybridized carbons (Fsp3) is 0.750. The number of nitrogens with one attached hydrogen (secondary N) is 1. The normalized spacial score (nSPS) is 25.2. The second-order valence-corrected chi connectivity index (χ2v) is 5.93. The molecule has 16 heavy (non-hydrogen) atoms. The van der Waals surface area contributed by atoms with E-state index in [0.717, 1.165) is 13.1 Å². The van der Waals surface area contributed by atoms with Crippen molar-refractivity contribution >= 4 is 11.3 Å². The van der Waals surface area contributed by atoms with Gasteiger partial charge in [0.1, 0.15) is 5.01 Å². The minimum absolute atomic E-state index is 0.448. The van der Waals surface area contributed by atoms with E-state index < -0.39 is 0 Å². The van der Waals surface area contributed by atoms with Gasteiger partial charge in [0.15, 0.2) is 0 Å². The van der Waals surface area contributed by atoms with Gasteiger partial charge in [-0.05, 0) is 12.8 Å². The topological polar surface area (TPSA) is 28.2 Å². The van der Waals surface area contributed by atoms with Crippen molar-refractivity contribution in [2.75, 3.05) is 19.6 Å². The molecule has 3 nitrogen and oxygen atoms in total. The van der Waals surface area contributed by atoms with Crippen LogP contribution in [0.3, 0.4) is 0 Å². The first-order valence-corrected chi connectivity index (χ1v) is 7.11. The highest BCUT2D eigenvalue weighted by atomic mass is 32.1. The predicted octanol–water partition coefficient (Wildman–Crippen LogP) is 1.86. The lowest BCUT2D eigenvalue weighted by Gasteiger charge is -2.45. The molecule has 0 atom stereocenters. The Morgan fingerprint density at radius 2 is 2.31 bits per heavy atom. The van der Waals surface area contributed by atoms with Gasteiger partial charge in [0.05, 0.1) is 6.54 Å². The van der Waals surface area contributed by atoms with Crippen LogP contribution in [0.4, 0.5) is 0 Å². The molecule has 2 aliphatic rings. The largest absolute Gasteiger partial charge is 0.314 e. The van der Waals surface area contributed by atoms with Crippen LogP contribution in [0.1, 0.15) is 30.7 Å². The third-order valence-corrected chi connectivity index (χ3v) is 4.79. The minimum atomic E-state index is 0.448. The highest BCUT2D eigenvalue weighted by Crippen LogP contribution is 2.36. The zero-order valence-electron chi connectivity index (χ0n) is 9.61. The molecule has 2 fully saturated rings. The van der Waals surface area contributed by atoms with Gasteiger partial charge in [0.2, 0.25) is 0 Å². The Labute approximate surface area is 101 Å². The Morgan fingerprint density at radius 3 is 3.06 bits per heavy atom. The molecular formula is C12H19N3S. The van der Waals surface area contributed by atoms with Gasteiger partial charge in [-0.25, -0.2) is 4.98 Å². The first kappa shape index (κ1) is 10.7. The molecule has 1 N–H and O–H groups in total. The molecule has 1 aromatic heterocycles. The SMILES string of the molecule is c1csc(CN2CCNCC23CCCC3)n1. The summed E-state index contributed by atoms with van der Waals surface area (Å²) >= 11 is 1.79. The zero-order chi connectivity index (χ0) is 10.8. The summed E-state index contributed by atoms with van der Waals surface area (Å²) in [6.45, 7) is 4.55. The number of nitrogens with zero attached hydrogens (tertiary/aromatic N) is 2. The fourth-order valence-electron chi connectivity index (χ4n) is 3.15. The van der Waals surface area contributed by atoms with E-state index in [1.54, 1.807) is 11.3 Å². The van der Waals surface area contributed by atoms with E-state index in [9.17, 15) is 0 Å². The first-order chi connectivity index (χ1) is 7.89. The number of hydrogen-bond acceptors (Lipinski definition) is 4. The van der Waals surface area contributed by atoms with E-state index in [2.05, 4.69) is 20.6 Å². The molecule has 1 aliphatic heterocycles. The van der Waals surface area contributed by atoms with Crippen molar-refractivity contribution in [1.82, 2.24) is 15.2 Å². The van der Waals surface area contributed by atoms with Gasteiger partial charge in [-0.1, -0.05) is 12.8 Å². The summed E-state index contributed by atoms with van der Waals surface area (Å²) < 4.78 is 0. The molecule has 1 saturated carbocycles. The van der Waals surface area contributed by atoms with Gasteiger partial charge < -0.3 is 5.32 Å². The van der Waals surface area contributed by atoms with E-state index in [1.165, 1.54) is 43.8 Å². The van der Waals surface area contributed by atoms with Crippen molar-refractivity contribution in [3.8, 4) is 0 Å².